The van der Waals surface area contributed by atoms with Gasteiger partial charge in [0.2, 0.25) is 6.79 Å². The fourth-order valence-corrected chi connectivity index (χ4v) is 5.08. The third kappa shape index (κ3) is 4.92. The molecule has 0 radical (unpaired) electrons. The van der Waals surface area contributed by atoms with Crippen molar-refractivity contribution in [2.24, 2.45) is 5.92 Å². The van der Waals surface area contributed by atoms with Crippen LogP contribution in [0.1, 0.15) is 55.8 Å². The molecule has 11 heteroatoms. The second-order valence-corrected chi connectivity index (χ2v) is 9.96. The second-order valence-electron chi connectivity index (χ2n) is 9.96. The summed E-state index contributed by atoms with van der Waals surface area (Å²) in [7, 11) is 0. The van der Waals surface area contributed by atoms with Crippen LogP contribution in [-0.4, -0.2) is 59.0 Å². The van der Waals surface area contributed by atoms with E-state index in [4.69, 9.17) is 18.9 Å². The summed E-state index contributed by atoms with van der Waals surface area (Å²) in [4.78, 5) is 37.2. The van der Waals surface area contributed by atoms with Gasteiger partial charge in [-0.15, -0.1) is 0 Å². The zero-order chi connectivity index (χ0) is 26.1. The molecule has 2 saturated carbocycles. The van der Waals surface area contributed by atoms with E-state index in [-0.39, 0.29) is 24.8 Å². The van der Waals surface area contributed by atoms with E-state index in [1.54, 1.807) is 13.1 Å². The minimum Gasteiger partial charge on any atom is -0.492 e. The first-order valence-electron chi connectivity index (χ1n) is 13.2. The molecule has 2 aliphatic carbocycles. The van der Waals surface area contributed by atoms with Crippen molar-refractivity contribution in [3.05, 3.63) is 30.2 Å². The van der Waals surface area contributed by atoms with E-state index in [9.17, 15) is 9.59 Å². The number of ether oxygens (including phenoxy) is 4. The maximum atomic E-state index is 13.3. The molecule has 2 fully saturated rings. The number of fused-ring (bicyclic) bond motifs is 2. The Bertz CT molecular complexity index is 1350. The van der Waals surface area contributed by atoms with Crippen molar-refractivity contribution < 1.29 is 28.5 Å². The van der Waals surface area contributed by atoms with Crippen molar-refractivity contribution in [1.29, 1.82) is 0 Å². The fourth-order valence-electron chi connectivity index (χ4n) is 5.08. The predicted octanol–water partition coefficient (Wildman–Crippen LogP) is 3.93. The highest BCUT2D eigenvalue weighted by molar-refractivity contribution is 6.08. The van der Waals surface area contributed by atoms with Gasteiger partial charge in [0.15, 0.2) is 11.5 Å². The van der Waals surface area contributed by atoms with E-state index in [1.807, 2.05) is 12.1 Å². The lowest BCUT2D eigenvalue weighted by Crippen LogP contribution is -2.43. The number of benzene rings is 1. The third-order valence-electron chi connectivity index (χ3n) is 7.28. The number of nitrogens with one attached hydrogen (secondary N) is 3. The maximum absolute atomic E-state index is 13.3. The maximum Gasteiger partial charge on any atom is 0.407 e. The van der Waals surface area contributed by atoms with E-state index in [1.165, 1.54) is 19.2 Å². The van der Waals surface area contributed by atoms with Crippen LogP contribution in [0.5, 0.6) is 17.2 Å². The van der Waals surface area contributed by atoms with Crippen molar-refractivity contribution in [3.8, 4) is 28.5 Å². The number of hydrogen-bond acceptors (Lipinski definition) is 8. The molecule has 1 aliphatic heterocycles. The summed E-state index contributed by atoms with van der Waals surface area (Å²) in [5.74, 6) is 2.24. The molecular weight excluding hydrogens is 490 g/mol. The SMILES string of the molecule is CCOC(=O)NC1CCC(NC(=O)c2c[nH]c3c(-c4c(OCC5CC5)ccc5c4OCO5)ncnc23)CC1. The van der Waals surface area contributed by atoms with Gasteiger partial charge in [-0.25, -0.2) is 14.8 Å². The highest BCUT2D eigenvalue weighted by Gasteiger charge is 2.30. The number of aromatic nitrogens is 3. The molecule has 0 saturated heterocycles. The van der Waals surface area contributed by atoms with Gasteiger partial charge in [0.25, 0.3) is 5.91 Å². The second kappa shape index (κ2) is 10.4. The summed E-state index contributed by atoms with van der Waals surface area (Å²) < 4.78 is 22.6. The Labute approximate surface area is 219 Å². The number of carbonyl (C=O) groups is 2. The summed E-state index contributed by atoms with van der Waals surface area (Å²) in [5.41, 5.74) is 2.87. The third-order valence-corrected chi connectivity index (χ3v) is 7.28. The first kappa shape index (κ1) is 24.3. The average molecular weight is 522 g/mol. The number of rotatable bonds is 8. The first-order valence-corrected chi connectivity index (χ1v) is 13.2. The first-order chi connectivity index (χ1) is 18.6. The fraction of sp³-hybridized carbons (Fsp3) is 0.481. The van der Waals surface area contributed by atoms with Crippen LogP contribution in [0.25, 0.3) is 22.3 Å². The number of hydrogen-bond donors (Lipinski definition) is 3. The van der Waals surface area contributed by atoms with Gasteiger partial charge >= 0.3 is 6.09 Å². The van der Waals surface area contributed by atoms with Gasteiger partial charge in [0, 0.05) is 18.3 Å². The van der Waals surface area contributed by atoms with Crippen molar-refractivity contribution in [3.63, 3.8) is 0 Å². The normalized spacial score (nSPS) is 20.2. The standard InChI is InChI=1S/C27H31N5O6/c1-2-35-27(34)32-17-7-5-16(6-8-17)31-26(33)18-11-28-24-22(18)29-13-30-23(24)21-19(36-12-15-3-4-15)9-10-20-25(21)38-14-37-20/h9-11,13,15-17,28H,2-8,12,14H2,1H3,(H,31,33)(H,32,34). The zero-order valence-corrected chi connectivity index (χ0v) is 21.2. The van der Waals surface area contributed by atoms with Gasteiger partial charge in [-0.2, -0.15) is 0 Å². The summed E-state index contributed by atoms with van der Waals surface area (Å²) in [6, 6.07) is 3.79. The molecule has 200 valence electrons. The number of nitrogens with zero attached hydrogens (tertiary/aromatic N) is 2. The van der Waals surface area contributed by atoms with Crippen LogP contribution >= 0.6 is 0 Å². The number of H-pyrrole nitrogens is 1. The van der Waals surface area contributed by atoms with E-state index in [0.29, 0.717) is 64.2 Å². The van der Waals surface area contributed by atoms with E-state index < -0.39 is 6.09 Å². The Morgan fingerprint density at radius 2 is 1.84 bits per heavy atom. The van der Waals surface area contributed by atoms with Crippen LogP contribution in [0.15, 0.2) is 24.7 Å². The molecule has 3 aromatic rings. The molecule has 2 amide bonds. The molecule has 0 bridgehead atoms. The summed E-state index contributed by atoms with van der Waals surface area (Å²) in [6.07, 6.45) is 8.15. The average Bonchev–Trinajstić information content (AvgIpc) is 3.44. The van der Waals surface area contributed by atoms with Crippen LogP contribution < -0.4 is 24.8 Å². The van der Waals surface area contributed by atoms with E-state index >= 15 is 0 Å². The lowest BCUT2D eigenvalue weighted by molar-refractivity contribution is 0.0923. The van der Waals surface area contributed by atoms with E-state index in [2.05, 4.69) is 25.6 Å². The molecule has 0 atom stereocenters. The van der Waals surface area contributed by atoms with Crippen LogP contribution in [0.2, 0.25) is 0 Å². The van der Waals surface area contributed by atoms with Gasteiger partial charge in [-0.3, -0.25) is 4.79 Å². The predicted molar refractivity (Wildman–Crippen MR) is 137 cm³/mol. The minimum atomic E-state index is -0.392. The van der Waals surface area contributed by atoms with Crippen molar-refractivity contribution in [2.45, 2.75) is 57.5 Å². The lowest BCUT2D eigenvalue weighted by Gasteiger charge is -2.29. The number of alkyl carbamates (subject to hydrolysis) is 1. The Morgan fingerprint density at radius 1 is 1.05 bits per heavy atom. The molecule has 38 heavy (non-hydrogen) atoms. The summed E-state index contributed by atoms with van der Waals surface area (Å²) in [6.45, 7) is 2.88. The van der Waals surface area contributed by atoms with Crippen molar-refractivity contribution >= 4 is 23.0 Å². The number of amides is 2. The zero-order valence-electron chi connectivity index (χ0n) is 21.2. The van der Waals surface area contributed by atoms with E-state index in [0.717, 1.165) is 25.7 Å². The lowest BCUT2D eigenvalue weighted by atomic mass is 9.91. The Balaban J connectivity index is 1.21. The van der Waals surface area contributed by atoms with Crippen LogP contribution in [-0.2, 0) is 4.74 Å². The molecule has 11 nitrogen and oxygen atoms in total. The number of aromatic amines is 1. The highest BCUT2D eigenvalue weighted by Crippen LogP contribution is 2.48. The van der Waals surface area contributed by atoms with Gasteiger partial charge in [0.1, 0.15) is 23.3 Å². The molecule has 3 heterocycles. The van der Waals surface area contributed by atoms with Crippen molar-refractivity contribution in [1.82, 2.24) is 25.6 Å². The quantitative estimate of drug-likeness (QED) is 0.406. The molecule has 3 N–H and O–H groups in total. The monoisotopic (exact) mass is 521 g/mol. The molecular formula is C27H31N5O6. The van der Waals surface area contributed by atoms with Gasteiger partial charge in [0.05, 0.1) is 29.9 Å². The molecule has 6 rings (SSSR count). The topological polar surface area (TPSA) is 137 Å². The molecule has 1 aromatic carbocycles. The Morgan fingerprint density at radius 3 is 2.61 bits per heavy atom. The smallest absolute Gasteiger partial charge is 0.407 e. The molecule has 2 aromatic heterocycles. The van der Waals surface area contributed by atoms with Crippen molar-refractivity contribution in [2.75, 3.05) is 20.0 Å². The summed E-state index contributed by atoms with van der Waals surface area (Å²) >= 11 is 0. The van der Waals surface area contributed by atoms with Gasteiger partial charge < -0.3 is 34.6 Å². The number of carbonyl (C=O) groups excluding carboxylic acids is 2. The Kier molecular flexibility index (Phi) is 6.65. The molecule has 3 aliphatic rings. The van der Waals surface area contributed by atoms with Crippen LogP contribution in [0.4, 0.5) is 4.79 Å². The molecule has 0 unspecified atom stereocenters. The molecule has 0 spiro atoms. The van der Waals surface area contributed by atoms with Gasteiger partial charge in [-0.1, -0.05) is 0 Å². The minimum absolute atomic E-state index is 0.0133. The largest absolute Gasteiger partial charge is 0.492 e. The van der Waals surface area contributed by atoms with Crippen LogP contribution in [0, 0.1) is 5.92 Å². The van der Waals surface area contributed by atoms with Gasteiger partial charge in [-0.05, 0) is 63.5 Å². The van der Waals surface area contributed by atoms with Crippen LogP contribution in [0.3, 0.4) is 0 Å². The highest BCUT2D eigenvalue weighted by atomic mass is 16.7. The summed E-state index contributed by atoms with van der Waals surface area (Å²) in [5, 5.41) is 6.01. The Hall–Kier alpha value is -4.02.